The van der Waals surface area contributed by atoms with E-state index in [1.54, 1.807) is 6.20 Å². The minimum absolute atomic E-state index is 0.698. The summed E-state index contributed by atoms with van der Waals surface area (Å²) in [5.74, 6) is 0.813. The third-order valence-electron chi connectivity index (χ3n) is 2.32. The number of hydrogen-bond donors (Lipinski definition) is 1. The highest BCUT2D eigenvalue weighted by Gasteiger charge is 2.08. The first-order valence-corrected chi connectivity index (χ1v) is 6.73. The number of anilines is 1. The molecule has 2 aromatic rings. The van der Waals surface area contributed by atoms with Gasteiger partial charge in [-0.05, 0) is 30.7 Å². The van der Waals surface area contributed by atoms with E-state index >= 15 is 0 Å². The van der Waals surface area contributed by atoms with Crippen molar-refractivity contribution in [2.75, 3.05) is 12.3 Å². The highest BCUT2D eigenvalue weighted by atomic mass is 32.2. The molecule has 0 spiro atoms. The van der Waals surface area contributed by atoms with Gasteiger partial charge in [0.15, 0.2) is 5.75 Å². The van der Waals surface area contributed by atoms with E-state index < -0.39 is 0 Å². The van der Waals surface area contributed by atoms with E-state index in [0.29, 0.717) is 6.61 Å². The highest BCUT2D eigenvalue weighted by molar-refractivity contribution is 7.99. The molecule has 0 saturated carbocycles. The summed E-state index contributed by atoms with van der Waals surface area (Å²) >= 11 is 1.53. The fraction of sp³-hybridized carbons (Fsp3) is 0.214. The number of benzene rings is 1. The Labute approximate surface area is 111 Å². The van der Waals surface area contributed by atoms with Crippen LogP contribution in [0.5, 0.6) is 5.75 Å². The molecule has 0 aliphatic rings. The first-order chi connectivity index (χ1) is 8.81. The van der Waals surface area contributed by atoms with E-state index in [2.05, 4.69) is 11.9 Å². The van der Waals surface area contributed by atoms with Gasteiger partial charge < -0.3 is 10.5 Å². The SMILES string of the molecule is CCCOc1cccnc1Sc1ccccc1N. The Bertz CT molecular complexity index is 517. The minimum atomic E-state index is 0.698. The van der Waals surface area contributed by atoms with Crippen LogP contribution in [-0.2, 0) is 0 Å². The van der Waals surface area contributed by atoms with Crippen molar-refractivity contribution < 1.29 is 4.74 Å². The summed E-state index contributed by atoms with van der Waals surface area (Å²) in [5, 5.41) is 0.851. The topological polar surface area (TPSA) is 48.1 Å². The molecule has 0 unspecified atom stereocenters. The second kappa shape index (κ2) is 6.31. The van der Waals surface area contributed by atoms with Crippen LogP contribution in [0.1, 0.15) is 13.3 Å². The molecular formula is C14H16N2OS. The molecular weight excluding hydrogens is 244 g/mol. The number of aromatic nitrogens is 1. The minimum Gasteiger partial charge on any atom is -0.491 e. The summed E-state index contributed by atoms with van der Waals surface area (Å²) in [6, 6.07) is 11.6. The molecule has 1 heterocycles. The summed E-state index contributed by atoms with van der Waals surface area (Å²) < 4.78 is 5.67. The lowest BCUT2D eigenvalue weighted by molar-refractivity contribution is 0.307. The van der Waals surface area contributed by atoms with Gasteiger partial charge in [0, 0.05) is 16.8 Å². The van der Waals surface area contributed by atoms with E-state index in [1.807, 2.05) is 36.4 Å². The van der Waals surface area contributed by atoms with E-state index in [-0.39, 0.29) is 0 Å². The standard InChI is InChI=1S/C14H16N2OS/c1-2-10-17-12-7-5-9-16-14(12)18-13-8-4-3-6-11(13)15/h3-9H,2,10,15H2,1H3. The lowest BCUT2D eigenvalue weighted by atomic mass is 10.3. The lowest BCUT2D eigenvalue weighted by Crippen LogP contribution is -1.97. The van der Waals surface area contributed by atoms with E-state index in [9.17, 15) is 0 Å². The third kappa shape index (κ3) is 3.17. The van der Waals surface area contributed by atoms with E-state index in [1.165, 1.54) is 11.8 Å². The molecule has 0 fully saturated rings. The first-order valence-electron chi connectivity index (χ1n) is 5.91. The predicted molar refractivity (Wildman–Crippen MR) is 75.0 cm³/mol. The zero-order valence-electron chi connectivity index (χ0n) is 10.3. The van der Waals surface area contributed by atoms with Gasteiger partial charge in [0.1, 0.15) is 5.03 Å². The van der Waals surface area contributed by atoms with Crippen molar-refractivity contribution in [3.8, 4) is 5.75 Å². The van der Waals surface area contributed by atoms with Gasteiger partial charge in [0.25, 0.3) is 0 Å². The maximum atomic E-state index is 5.93. The smallest absolute Gasteiger partial charge is 0.151 e. The maximum Gasteiger partial charge on any atom is 0.151 e. The van der Waals surface area contributed by atoms with Crippen molar-refractivity contribution in [1.82, 2.24) is 4.98 Å². The molecule has 2 N–H and O–H groups in total. The van der Waals surface area contributed by atoms with Crippen molar-refractivity contribution in [3.63, 3.8) is 0 Å². The van der Waals surface area contributed by atoms with Crippen LogP contribution in [0, 0.1) is 0 Å². The van der Waals surface area contributed by atoms with Crippen molar-refractivity contribution in [3.05, 3.63) is 42.6 Å². The number of para-hydroxylation sites is 1. The summed E-state index contributed by atoms with van der Waals surface area (Å²) in [4.78, 5) is 5.35. The van der Waals surface area contributed by atoms with E-state index in [0.717, 1.165) is 27.8 Å². The molecule has 4 heteroatoms. The average molecular weight is 260 g/mol. The predicted octanol–water partition coefficient (Wildman–Crippen LogP) is 3.60. The van der Waals surface area contributed by atoms with Crippen LogP contribution in [0.4, 0.5) is 5.69 Å². The zero-order valence-corrected chi connectivity index (χ0v) is 11.1. The quantitative estimate of drug-likeness (QED) is 0.834. The molecule has 0 radical (unpaired) electrons. The van der Waals surface area contributed by atoms with Crippen molar-refractivity contribution >= 4 is 17.4 Å². The molecule has 1 aromatic heterocycles. The Balaban J connectivity index is 2.21. The normalized spacial score (nSPS) is 10.3. The Hall–Kier alpha value is -1.68. The van der Waals surface area contributed by atoms with Crippen molar-refractivity contribution in [2.24, 2.45) is 0 Å². The van der Waals surface area contributed by atoms with E-state index in [4.69, 9.17) is 10.5 Å². The van der Waals surface area contributed by atoms with Crippen LogP contribution < -0.4 is 10.5 Å². The number of hydrogen-bond acceptors (Lipinski definition) is 4. The Morgan fingerprint density at radius 2 is 2.06 bits per heavy atom. The highest BCUT2D eigenvalue weighted by Crippen LogP contribution is 2.35. The van der Waals surface area contributed by atoms with Crippen molar-refractivity contribution in [2.45, 2.75) is 23.3 Å². The summed E-state index contributed by atoms with van der Waals surface area (Å²) in [6.07, 6.45) is 2.74. The molecule has 0 bridgehead atoms. The first kappa shape index (κ1) is 12.8. The maximum absolute atomic E-state index is 5.93. The van der Waals surface area contributed by atoms with Gasteiger partial charge >= 0.3 is 0 Å². The summed E-state index contributed by atoms with van der Waals surface area (Å²) in [7, 11) is 0. The summed E-state index contributed by atoms with van der Waals surface area (Å²) in [6.45, 7) is 2.78. The van der Waals surface area contributed by atoms with Gasteiger partial charge in [0.2, 0.25) is 0 Å². The van der Waals surface area contributed by atoms with Crippen LogP contribution in [0.3, 0.4) is 0 Å². The van der Waals surface area contributed by atoms with Crippen LogP contribution >= 0.6 is 11.8 Å². The molecule has 0 saturated heterocycles. The second-order valence-electron chi connectivity index (χ2n) is 3.80. The number of nitrogens with two attached hydrogens (primary N) is 1. The van der Waals surface area contributed by atoms with Gasteiger partial charge in [-0.1, -0.05) is 30.8 Å². The molecule has 0 aliphatic heterocycles. The lowest BCUT2D eigenvalue weighted by Gasteiger charge is -2.10. The fourth-order valence-corrected chi connectivity index (χ4v) is 2.33. The van der Waals surface area contributed by atoms with Gasteiger partial charge in [-0.2, -0.15) is 0 Å². The third-order valence-corrected chi connectivity index (χ3v) is 3.42. The molecule has 18 heavy (non-hydrogen) atoms. The molecule has 3 nitrogen and oxygen atoms in total. The number of rotatable bonds is 5. The van der Waals surface area contributed by atoms with Gasteiger partial charge in [-0.15, -0.1) is 0 Å². The van der Waals surface area contributed by atoms with Crippen LogP contribution in [0.25, 0.3) is 0 Å². The van der Waals surface area contributed by atoms with Crippen molar-refractivity contribution in [1.29, 1.82) is 0 Å². The van der Waals surface area contributed by atoms with Gasteiger partial charge in [-0.3, -0.25) is 0 Å². The average Bonchev–Trinajstić information content (AvgIpc) is 2.40. The van der Waals surface area contributed by atoms with Crippen LogP contribution in [0.15, 0.2) is 52.5 Å². The van der Waals surface area contributed by atoms with Crippen LogP contribution in [-0.4, -0.2) is 11.6 Å². The number of pyridine rings is 1. The Morgan fingerprint density at radius 1 is 1.22 bits per heavy atom. The Morgan fingerprint density at radius 3 is 2.83 bits per heavy atom. The molecule has 0 aliphatic carbocycles. The number of ether oxygens (including phenoxy) is 1. The number of nitrogens with zero attached hydrogens (tertiary/aromatic N) is 1. The van der Waals surface area contributed by atoms with Gasteiger partial charge in [0.05, 0.1) is 6.61 Å². The summed E-state index contributed by atoms with van der Waals surface area (Å²) in [5.41, 5.74) is 6.69. The Kier molecular flexibility index (Phi) is 4.47. The zero-order chi connectivity index (χ0) is 12.8. The number of nitrogen functional groups attached to an aromatic ring is 1. The monoisotopic (exact) mass is 260 g/mol. The molecule has 0 amide bonds. The fourth-order valence-electron chi connectivity index (χ4n) is 1.45. The van der Waals surface area contributed by atoms with Crippen LogP contribution in [0.2, 0.25) is 0 Å². The largest absolute Gasteiger partial charge is 0.491 e. The molecule has 94 valence electrons. The second-order valence-corrected chi connectivity index (χ2v) is 4.83. The van der Waals surface area contributed by atoms with Gasteiger partial charge in [-0.25, -0.2) is 4.98 Å². The molecule has 0 atom stereocenters. The molecule has 1 aromatic carbocycles. The molecule has 2 rings (SSSR count).